The predicted molar refractivity (Wildman–Crippen MR) is 102 cm³/mol. The van der Waals surface area contributed by atoms with Crippen LogP contribution in [0.5, 0.6) is 0 Å². The van der Waals surface area contributed by atoms with E-state index in [1.165, 1.54) is 12.1 Å². The minimum atomic E-state index is -3.76. The van der Waals surface area contributed by atoms with Crippen molar-refractivity contribution in [1.82, 2.24) is 10.6 Å². The molecule has 3 rings (SSSR count). The highest BCUT2D eigenvalue weighted by molar-refractivity contribution is 7.92. The monoisotopic (exact) mass is 373 g/mol. The summed E-state index contributed by atoms with van der Waals surface area (Å²) in [6.07, 6.45) is 1.94. The lowest BCUT2D eigenvalue weighted by atomic mass is 10.1. The first-order valence-electron chi connectivity index (χ1n) is 8.65. The maximum Gasteiger partial charge on any atom is 0.261 e. The molecule has 2 aromatic carbocycles. The fourth-order valence-electron chi connectivity index (χ4n) is 2.88. The van der Waals surface area contributed by atoms with Gasteiger partial charge < -0.3 is 10.6 Å². The Morgan fingerprint density at radius 2 is 1.92 bits per heavy atom. The van der Waals surface area contributed by atoms with Gasteiger partial charge in [0.15, 0.2) is 0 Å². The second-order valence-electron chi connectivity index (χ2n) is 6.52. The van der Waals surface area contributed by atoms with Crippen LogP contribution < -0.4 is 15.4 Å². The molecule has 1 saturated heterocycles. The summed E-state index contributed by atoms with van der Waals surface area (Å²) in [7, 11) is -3.76. The topological polar surface area (TPSA) is 87.3 Å². The number of carbonyl (C=O) groups is 1. The van der Waals surface area contributed by atoms with Gasteiger partial charge in [-0.3, -0.25) is 9.52 Å². The molecule has 26 heavy (non-hydrogen) atoms. The van der Waals surface area contributed by atoms with Crippen LogP contribution in [0.1, 0.15) is 28.8 Å². The Bertz CT molecular complexity index is 873. The molecule has 1 fully saturated rings. The highest BCUT2D eigenvalue weighted by Gasteiger charge is 2.19. The van der Waals surface area contributed by atoms with Crippen molar-refractivity contribution in [2.75, 3.05) is 17.8 Å². The quantitative estimate of drug-likeness (QED) is 0.750. The van der Waals surface area contributed by atoms with Gasteiger partial charge in [-0.05, 0) is 56.6 Å². The van der Waals surface area contributed by atoms with Crippen LogP contribution in [0.3, 0.4) is 0 Å². The Labute approximate surface area is 154 Å². The number of aryl methyl sites for hydroxylation is 1. The highest BCUT2D eigenvalue weighted by Crippen LogP contribution is 2.18. The summed E-state index contributed by atoms with van der Waals surface area (Å²) < 4.78 is 27.7. The van der Waals surface area contributed by atoms with E-state index in [1.807, 2.05) is 19.1 Å². The van der Waals surface area contributed by atoms with Gasteiger partial charge in [0.2, 0.25) is 0 Å². The molecule has 1 aliphatic heterocycles. The summed E-state index contributed by atoms with van der Waals surface area (Å²) in [6.45, 7) is 3.63. The minimum Gasteiger partial charge on any atom is -0.348 e. The van der Waals surface area contributed by atoms with Crippen LogP contribution in [-0.2, 0) is 10.0 Å². The van der Waals surface area contributed by atoms with E-state index in [1.54, 1.807) is 24.3 Å². The number of amides is 1. The molecule has 0 aromatic heterocycles. The summed E-state index contributed by atoms with van der Waals surface area (Å²) >= 11 is 0. The summed E-state index contributed by atoms with van der Waals surface area (Å²) in [5.74, 6) is -0.258. The van der Waals surface area contributed by atoms with Gasteiger partial charge in [0, 0.05) is 23.8 Å². The van der Waals surface area contributed by atoms with E-state index in [9.17, 15) is 13.2 Å². The van der Waals surface area contributed by atoms with Crippen LogP contribution in [0.25, 0.3) is 0 Å². The fourth-order valence-corrected chi connectivity index (χ4v) is 3.99. The molecular weight excluding hydrogens is 350 g/mol. The first-order chi connectivity index (χ1) is 12.4. The highest BCUT2D eigenvalue weighted by atomic mass is 32.2. The Hall–Kier alpha value is -2.38. The fraction of sp³-hybridized carbons (Fsp3) is 0.316. The smallest absolute Gasteiger partial charge is 0.261 e. The molecular formula is C19H23N3O3S. The standard InChI is InChI=1S/C19H23N3O3S/c1-14-7-9-16(10-8-14)22-26(24,25)18-6-2-4-15(12-18)19(23)21-17-5-3-11-20-13-17/h2,4,6-10,12,17,20,22H,3,5,11,13H2,1H3,(H,21,23). The van der Waals surface area contributed by atoms with E-state index in [2.05, 4.69) is 15.4 Å². The second kappa shape index (κ2) is 7.88. The van der Waals surface area contributed by atoms with E-state index in [4.69, 9.17) is 0 Å². The molecule has 0 bridgehead atoms. The van der Waals surface area contributed by atoms with Crippen LogP contribution >= 0.6 is 0 Å². The van der Waals surface area contributed by atoms with Crippen molar-refractivity contribution in [2.45, 2.75) is 30.7 Å². The third-order valence-corrected chi connectivity index (χ3v) is 5.72. The molecule has 1 heterocycles. The molecule has 1 amide bonds. The van der Waals surface area contributed by atoms with Crippen LogP contribution in [0.2, 0.25) is 0 Å². The lowest BCUT2D eigenvalue weighted by molar-refractivity contribution is 0.0930. The number of anilines is 1. The van der Waals surface area contributed by atoms with E-state index in [0.29, 0.717) is 11.3 Å². The average Bonchev–Trinajstić information content (AvgIpc) is 2.64. The molecule has 1 unspecified atom stereocenters. The van der Waals surface area contributed by atoms with Gasteiger partial charge in [-0.1, -0.05) is 23.8 Å². The maximum atomic E-state index is 12.6. The van der Waals surface area contributed by atoms with Crippen molar-refractivity contribution < 1.29 is 13.2 Å². The molecule has 0 spiro atoms. The average molecular weight is 373 g/mol. The SMILES string of the molecule is Cc1ccc(NS(=O)(=O)c2cccc(C(=O)NC3CCCNC3)c2)cc1. The van der Waals surface area contributed by atoms with Crippen LogP contribution in [0.4, 0.5) is 5.69 Å². The normalized spacial score (nSPS) is 17.5. The van der Waals surface area contributed by atoms with Crippen LogP contribution in [0, 0.1) is 6.92 Å². The van der Waals surface area contributed by atoms with Crippen molar-refractivity contribution in [3.63, 3.8) is 0 Å². The van der Waals surface area contributed by atoms with Crippen LogP contribution in [0.15, 0.2) is 53.4 Å². The van der Waals surface area contributed by atoms with Crippen molar-refractivity contribution in [3.05, 3.63) is 59.7 Å². The zero-order valence-corrected chi connectivity index (χ0v) is 15.5. The van der Waals surface area contributed by atoms with Crippen molar-refractivity contribution >= 4 is 21.6 Å². The van der Waals surface area contributed by atoms with Gasteiger partial charge in [-0.2, -0.15) is 0 Å². The maximum absolute atomic E-state index is 12.6. The molecule has 6 nitrogen and oxygen atoms in total. The van der Waals surface area contributed by atoms with E-state index in [-0.39, 0.29) is 16.8 Å². The number of sulfonamides is 1. The molecule has 0 aliphatic carbocycles. The van der Waals surface area contributed by atoms with Gasteiger partial charge in [0.05, 0.1) is 4.90 Å². The number of carbonyl (C=O) groups excluding carboxylic acids is 1. The van der Waals surface area contributed by atoms with Gasteiger partial charge in [0.25, 0.3) is 15.9 Å². The van der Waals surface area contributed by atoms with E-state index in [0.717, 1.165) is 31.5 Å². The summed E-state index contributed by atoms with van der Waals surface area (Å²) in [5.41, 5.74) is 1.87. The molecule has 3 N–H and O–H groups in total. The zero-order valence-electron chi connectivity index (χ0n) is 14.7. The van der Waals surface area contributed by atoms with Crippen molar-refractivity contribution in [3.8, 4) is 0 Å². The summed E-state index contributed by atoms with van der Waals surface area (Å²) in [6, 6.07) is 13.2. The number of hydrogen-bond acceptors (Lipinski definition) is 4. The first kappa shape index (κ1) is 18.4. The summed E-state index contributed by atoms with van der Waals surface area (Å²) in [5, 5.41) is 6.19. The first-order valence-corrected chi connectivity index (χ1v) is 10.1. The lowest BCUT2D eigenvalue weighted by Crippen LogP contribution is -2.45. The van der Waals surface area contributed by atoms with Crippen molar-refractivity contribution in [2.24, 2.45) is 0 Å². The third kappa shape index (κ3) is 4.62. The summed E-state index contributed by atoms with van der Waals surface area (Å²) in [4.78, 5) is 12.5. The minimum absolute atomic E-state index is 0.0625. The molecule has 7 heteroatoms. The molecule has 0 saturated carbocycles. The molecule has 0 radical (unpaired) electrons. The Morgan fingerprint density at radius 3 is 2.62 bits per heavy atom. The van der Waals surface area contributed by atoms with Gasteiger partial charge in [-0.25, -0.2) is 8.42 Å². The Kier molecular flexibility index (Phi) is 5.58. The number of rotatable bonds is 5. The van der Waals surface area contributed by atoms with Gasteiger partial charge in [0.1, 0.15) is 0 Å². The van der Waals surface area contributed by atoms with Crippen LogP contribution in [-0.4, -0.2) is 33.5 Å². The zero-order chi connectivity index (χ0) is 18.6. The number of hydrogen-bond donors (Lipinski definition) is 3. The Morgan fingerprint density at radius 1 is 1.15 bits per heavy atom. The molecule has 2 aromatic rings. The van der Waals surface area contributed by atoms with Gasteiger partial charge in [-0.15, -0.1) is 0 Å². The van der Waals surface area contributed by atoms with Crippen molar-refractivity contribution in [1.29, 1.82) is 0 Å². The van der Waals surface area contributed by atoms with Gasteiger partial charge >= 0.3 is 0 Å². The van der Waals surface area contributed by atoms with E-state index >= 15 is 0 Å². The lowest BCUT2D eigenvalue weighted by Gasteiger charge is -2.23. The predicted octanol–water partition coefficient (Wildman–Crippen LogP) is 2.28. The molecule has 1 atom stereocenters. The third-order valence-electron chi connectivity index (χ3n) is 4.34. The largest absolute Gasteiger partial charge is 0.348 e. The number of piperidine rings is 1. The Balaban J connectivity index is 1.74. The van der Waals surface area contributed by atoms with E-state index < -0.39 is 10.0 Å². The second-order valence-corrected chi connectivity index (χ2v) is 8.20. The molecule has 1 aliphatic rings. The molecule has 138 valence electrons. The number of nitrogens with one attached hydrogen (secondary N) is 3. The number of benzene rings is 2.